The van der Waals surface area contributed by atoms with Crippen LogP contribution in [0, 0.1) is 0 Å². The third kappa shape index (κ3) is 2.49. The molecular weight excluding hydrogens is 276 g/mol. The average molecular weight is 298 g/mol. The molecule has 0 radical (unpaired) electrons. The zero-order valence-electron chi connectivity index (χ0n) is 12.0. The van der Waals surface area contributed by atoms with Crippen molar-refractivity contribution < 1.29 is 8.42 Å². The number of fused-ring (bicyclic) bond motifs is 1. The van der Waals surface area contributed by atoms with Gasteiger partial charge in [-0.3, -0.25) is 4.99 Å². The Balaban J connectivity index is 1.70. The van der Waals surface area contributed by atoms with Crippen molar-refractivity contribution in [1.82, 2.24) is 13.9 Å². The molecule has 2 saturated heterocycles. The van der Waals surface area contributed by atoms with Gasteiger partial charge in [0.2, 0.25) is 0 Å². The molecule has 2 atom stereocenters. The smallest absolute Gasteiger partial charge is 0.279 e. The SMILES string of the molecule is CC1=C2C[C@H](NS(=O)(=O)N3CCCC3)CN2C=N[C@H]1C. The Labute approximate surface area is 120 Å². The van der Waals surface area contributed by atoms with E-state index in [0.717, 1.165) is 19.3 Å². The van der Waals surface area contributed by atoms with Crippen molar-refractivity contribution in [2.24, 2.45) is 4.99 Å². The van der Waals surface area contributed by atoms with Gasteiger partial charge in [0.1, 0.15) is 0 Å². The second kappa shape index (κ2) is 5.13. The first-order valence-corrected chi connectivity index (χ1v) is 8.68. The number of nitrogens with one attached hydrogen (secondary N) is 1. The fraction of sp³-hybridized carbons (Fsp3) is 0.769. The van der Waals surface area contributed by atoms with Gasteiger partial charge < -0.3 is 4.90 Å². The minimum atomic E-state index is -3.33. The molecular formula is C13H22N4O2S. The fourth-order valence-electron chi connectivity index (χ4n) is 3.09. The lowest BCUT2D eigenvalue weighted by atomic mass is 10.1. The number of hydrogen-bond acceptors (Lipinski definition) is 4. The van der Waals surface area contributed by atoms with Crippen LogP contribution in [-0.4, -0.2) is 55.7 Å². The normalized spacial score (nSPS) is 31.2. The van der Waals surface area contributed by atoms with Gasteiger partial charge in [0.25, 0.3) is 10.2 Å². The quantitative estimate of drug-likeness (QED) is 0.834. The minimum Gasteiger partial charge on any atom is -0.335 e. The van der Waals surface area contributed by atoms with Crippen LogP contribution in [0.3, 0.4) is 0 Å². The van der Waals surface area contributed by atoms with Crippen molar-refractivity contribution in [3.8, 4) is 0 Å². The van der Waals surface area contributed by atoms with E-state index >= 15 is 0 Å². The van der Waals surface area contributed by atoms with Crippen molar-refractivity contribution in [3.05, 3.63) is 11.3 Å². The van der Waals surface area contributed by atoms with Crippen molar-refractivity contribution in [1.29, 1.82) is 0 Å². The average Bonchev–Trinajstić information content (AvgIpc) is 3.02. The molecule has 0 saturated carbocycles. The summed E-state index contributed by atoms with van der Waals surface area (Å²) in [5.41, 5.74) is 2.47. The van der Waals surface area contributed by atoms with Gasteiger partial charge in [0, 0.05) is 37.8 Å². The van der Waals surface area contributed by atoms with Crippen LogP contribution in [0.5, 0.6) is 0 Å². The molecule has 3 aliphatic rings. The van der Waals surface area contributed by atoms with E-state index in [9.17, 15) is 8.42 Å². The Bertz CT molecular complexity index is 549. The highest BCUT2D eigenvalue weighted by atomic mass is 32.2. The summed E-state index contributed by atoms with van der Waals surface area (Å²) < 4.78 is 29.0. The van der Waals surface area contributed by atoms with E-state index in [2.05, 4.69) is 28.5 Å². The number of nitrogens with zero attached hydrogens (tertiary/aromatic N) is 3. The van der Waals surface area contributed by atoms with Crippen molar-refractivity contribution in [3.63, 3.8) is 0 Å². The van der Waals surface area contributed by atoms with Gasteiger partial charge in [-0.25, -0.2) is 0 Å². The summed E-state index contributed by atoms with van der Waals surface area (Å²) >= 11 is 0. The van der Waals surface area contributed by atoms with Crippen molar-refractivity contribution in [2.75, 3.05) is 19.6 Å². The second-order valence-corrected chi connectivity index (χ2v) is 7.55. The van der Waals surface area contributed by atoms with Crippen LogP contribution < -0.4 is 4.72 Å². The van der Waals surface area contributed by atoms with Gasteiger partial charge in [-0.2, -0.15) is 17.4 Å². The predicted molar refractivity (Wildman–Crippen MR) is 78.6 cm³/mol. The number of rotatable bonds is 3. The molecule has 0 bridgehead atoms. The molecule has 0 amide bonds. The highest BCUT2D eigenvalue weighted by Crippen LogP contribution is 2.29. The van der Waals surface area contributed by atoms with Gasteiger partial charge in [0.15, 0.2) is 0 Å². The zero-order chi connectivity index (χ0) is 14.3. The lowest BCUT2D eigenvalue weighted by molar-refractivity contribution is 0.449. The summed E-state index contributed by atoms with van der Waals surface area (Å²) in [5.74, 6) is 0. The summed E-state index contributed by atoms with van der Waals surface area (Å²) in [6, 6.07) is 0.150. The van der Waals surface area contributed by atoms with Crippen LogP contribution in [0.1, 0.15) is 33.1 Å². The molecule has 1 N–H and O–H groups in total. The Morgan fingerprint density at radius 1 is 1.35 bits per heavy atom. The maximum atomic E-state index is 12.3. The minimum absolute atomic E-state index is 0.0534. The van der Waals surface area contributed by atoms with E-state index in [1.807, 2.05) is 6.34 Å². The molecule has 0 spiro atoms. The Morgan fingerprint density at radius 2 is 2.05 bits per heavy atom. The molecule has 0 aliphatic carbocycles. The lowest BCUT2D eigenvalue weighted by Gasteiger charge is -2.24. The van der Waals surface area contributed by atoms with E-state index in [0.29, 0.717) is 19.6 Å². The maximum Gasteiger partial charge on any atom is 0.279 e. The molecule has 0 aromatic carbocycles. The van der Waals surface area contributed by atoms with E-state index in [1.165, 1.54) is 11.3 Å². The summed E-state index contributed by atoms with van der Waals surface area (Å²) in [7, 11) is -3.33. The van der Waals surface area contributed by atoms with Crippen LogP contribution in [0.25, 0.3) is 0 Å². The number of aliphatic imine (C=N–C) groups is 1. The third-order valence-electron chi connectivity index (χ3n) is 4.44. The predicted octanol–water partition coefficient (Wildman–Crippen LogP) is 0.695. The first-order valence-electron chi connectivity index (χ1n) is 7.24. The summed E-state index contributed by atoms with van der Waals surface area (Å²) in [5, 5.41) is 0. The Morgan fingerprint density at radius 3 is 2.75 bits per heavy atom. The molecule has 0 aromatic rings. The fourth-order valence-corrected chi connectivity index (χ4v) is 4.56. The van der Waals surface area contributed by atoms with Crippen LogP contribution in [0.2, 0.25) is 0 Å². The highest BCUT2D eigenvalue weighted by molar-refractivity contribution is 7.87. The van der Waals surface area contributed by atoms with Gasteiger partial charge in [-0.05, 0) is 32.3 Å². The van der Waals surface area contributed by atoms with Gasteiger partial charge in [0.05, 0.1) is 12.4 Å². The van der Waals surface area contributed by atoms with E-state index in [4.69, 9.17) is 0 Å². The molecule has 7 heteroatoms. The zero-order valence-corrected chi connectivity index (χ0v) is 12.9. The van der Waals surface area contributed by atoms with E-state index < -0.39 is 10.2 Å². The molecule has 2 fully saturated rings. The molecule has 0 aromatic heterocycles. The van der Waals surface area contributed by atoms with Crippen molar-refractivity contribution >= 4 is 16.5 Å². The Hall–Kier alpha value is -0.920. The second-order valence-electron chi connectivity index (χ2n) is 5.85. The molecule has 6 nitrogen and oxygen atoms in total. The molecule has 3 rings (SSSR count). The summed E-state index contributed by atoms with van der Waals surface area (Å²) in [6.45, 7) is 6.12. The Kier molecular flexibility index (Phi) is 3.60. The first-order chi connectivity index (χ1) is 9.47. The molecule has 3 heterocycles. The lowest BCUT2D eigenvalue weighted by Crippen LogP contribution is -2.45. The molecule has 20 heavy (non-hydrogen) atoms. The molecule has 3 aliphatic heterocycles. The van der Waals surface area contributed by atoms with E-state index in [-0.39, 0.29) is 12.1 Å². The highest BCUT2D eigenvalue weighted by Gasteiger charge is 2.35. The monoisotopic (exact) mass is 298 g/mol. The van der Waals surface area contributed by atoms with Gasteiger partial charge >= 0.3 is 0 Å². The largest absolute Gasteiger partial charge is 0.335 e. The molecule has 0 unspecified atom stereocenters. The van der Waals surface area contributed by atoms with Crippen LogP contribution >= 0.6 is 0 Å². The van der Waals surface area contributed by atoms with Crippen LogP contribution in [-0.2, 0) is 10.2 Å². The topological polar surface area (TPSA) is 65.0 Å². The van der Waals surface area contributed by atoms with Gasteiger partial charge in [-0.15, -0.1) is 0 Å². The number of hydrogen-bond donors (Lipinski definition) is 1. The van der Waals surface area contributed by atoms with Crippen LogP contribution in [0.15, 0.2) is 16.3 Å². The summed E-state index contributed by atoms with van der Waals surface area (Å²) in [4.78, 5) is 6.49. The third-order valence-corrected chi connectivity index (χ3v) is 6.11. The van der Waals surface area contributed by atoms with Crippen LogP contribution in [0.4, 0.5) is 0 Å². The first kappa shape index (κ1) is 14.0. The van der Waals surface area contributed by atoms with E-state index in [1.54, 1.807) is 4.31 Å². The van der Waals surface area contributed by atoms with Crippen molar-refractivity contribution in [2.45, 2.75) is 45.2 Å². The standard InChI is InChI=1S/C13H22N4O2S/c1-10-11(2)14-9-16-8-12(7-13(10)16)15-20(18,19)17-5-3-4-6-17/h9,11-12,15H,3-8H2,1-2H3/t11-,12-/m0/s1. The maximum absolute atomic E-state index is 12.3. The van der Waals surface area contributed by atoms with Gasteiger partial charge in [-0.1, -0.05) is 0 Å². The summed E-state index contributed by atoms with van der Waals surface area (Å²) in [6.07, 6.45) is 4.53. The molecule has 112 valence electrons.